The quantitative estimate of drug-likeness (QED) is 0.676. The van der Waals surface area contributed by atoms with E-state index in [1.807, 2.05) is 18.0 Å². The van der Waals surface area contributed by atoms with Crippen molar-refractivity contribution in [3.05, 3.63) is 24.3 Å². The minimum Gasteiger partial charge on any atom is -0.480 e. The third kappa shape index (κ3) is 4.37. The Hall–Kier alpha value is -1.75. The minimum absolute atomic E-state index is 0.0264. The fourth-order valence-electron chi connectivity index (χ4n) is 7.81. The van der Waals surface area contributed by atoms with Crippen LogP contribution in [-0.4, -0.2) is 60.8 Å². The maximum Gasteiger partial charge on any atom is 0.323 e. The van der Waals surface area contributed by atoms with Gasteiger partial charge in [-0.1, -0.05) is 37.8 Å². The molecule has 4 fully saturated rings. The van der Waals surface area contributed by atoms with Crippen molar-refractivity contribution in [1.29, 1.82) is 0 Å². The number of aliphatic carboxylic acids is 1. The number of fused-ring (bicyclic) bond motifs is 4. The van der Waals surface area contributed by atoms with Crippen molar-refractivity contribution in [3.8, 4) is 0 Å². The number of nitrogens with zero attached hydrogens (tertiary/aromatic N) is 3. The second-order valence-electron chi connectivity index (χ2n) is 11.2. The van der Waals surface area contributed by atoms with Gasteiger partial charge in [-0.2, -0.15) is 0 Å². The number of anilines is 2. The lowest BCUT2D eigenvalue weighted by Crippen LogP contribution is -2.61. The smallest absolute Gasteiger partial charge is 0.323 e. The Labute approximate surface area is 193 Å². The SMILES string of the molecule is CN(CC(=O)O)c1ccccc1N(C)C1CC2CCCC(C1)N2C1CC2CCCC(C2)C1. The Bertz CT molecular complexity index is 788. The lowest BCUT2D eigenvalue weighted by Gasteiger charge is -2.56. The predicted octanol–water partition coefficient (Wildman–Crippen LogP) is 5.00. The largest absolute Gasteiger partial charge is 0.480 e. The van der Waals surface area contributed by atoms with E-state index in [0.717, 1.165) is 35.6 Å². The molecule has 4 bridgehead atoms. The van der Waals surface area contributed by atoms with Crippen molar-refractivity contribution < 1.29 is 9.90 Å². The zero-order valence-electron chi connectivity index (χ0n) is 20.0. The molecule has 1 N–H and O–H groups in total. The van der Waals surface area contributed by atoms with Crippen LogP contribution >= 0.6 is 0 Å². The third-order valence-electron chi connectivity index (χ3n) is 9.12. The average molecular weight is 440 g/mol. The van der Waals surface area contributed by atoms with Crippen LogP contribution in [0.2, 0.25) is 0 Å². The summed E-state index contributed by atoms with van der Waals surface area (Å²) in [4.78, 5) is 18.6. The zero-order valence-corrected chi connectivity index (χ0v) is 20.0. The van der Waals surface area contributed by atoms with Crippen molar-refractivity contribution in [3.63, 3.8) is 0 Å². The number of carboxylic acid groups (broad SMARTS) is 1. The highest BCUT2D eigenvalue weighted by Gasteiger charge is 2.45. The van der Waals surface area contributed by atoms with Gasteiger partial charge in [0.25, 0.3) is 0 Å². The van der Waals surface area contributed by atoms with Crippen LogP contribution in [0.4, 0.5) is 11.4 Å². The van der Waals surface area contributed by atoms with Crippen molar-refractivity contribution in [2.24, 2.45) is 11.8 Å². The van der Waals surface area contributed by atoms with E-state index in [-0.39, 0.29) is 6.54 Å². The van der Waals surface area contributed by atoms with Gasteiger partial charge in [-0.05, 0) is 68.9 Å². The molecular formula is C27H41N3O2. The molecule has 5 heteroatoms. The molecule has 0 amide bonds. The molecule has 4 unspecified atom stereocenters. The van der Waals surface area contributed by atoms with Gasteiger partial charge in [-0.15, -0.1) is 0 Å². The zero-order chi connectivity index (χ0) is 22.2. The molecule has 4 atom stereocenters. The van der Waals surface area contributed by atoms with Crippen molar-refractivity contribution in [2.45, 2.75) is 94.8 Å². The molecular weight excluding hydrogens is 398 g/mol. The van der Waals surface area contributed by atoms with Crippen LogP contribution in [0.3, 0.4) is 0 Å². The fourth-order valence-corrected chi connectivity index (χ4v) is 7.81. The molecule has 176 valence electrons. The van der Waals surface area contributed by atoms with E-state index >= 15 is 0 Å². The third-order valence-corrected chi connectivity index (χ3v) is 9.12. The second kappa shape index (κ2) is 9.24. The molecule has 2 saturated heterocycles. The number of hydrogen-bond donors (Lipinski definition) is 1. The molecule has 2 aliphatic heterocycles. The summed E-state index contributed by atoms with van der Waals surface area (Å²) in [5, 5.41) is 9.28. The highest BCUT2D eigenvalue weighted by molar-refractivity contribution is 5.78. The molecule has 0 spiro atoms. The number of piperidine rings is 2. The Morgan fingerprint density at radius 2 is 1.47 bits per heavy atom. The molecule has 0 radical (unpaired) electrons. The van der Waals surface area contributed by atoms with E-state index in [1.54, 1.807) is 0 Å². The average Bonchev–Trinajstić information content (AvgIpc) is 2.77. The first kappa shape index (κ1) is 22.1. The Morgan fingerprint density at radius 3 is 2.09 bits per heavy atom. The Morgan fingerprint density at radius 1 is 0.875 bits per heavy atom. The van der Waals surface area contributed by atoms with E-state index < -0.39 is 5.97 Å². The number of hydrogen-bond acceptors (Lipinski definition) is 4. The van der Waals surface area contributed by atoms with E-state index in [0.29, 0.717) is 6.04 Å². The van der Waals surface area contributed by atoms with Crippen LogP contribution < -0.4 is 9.80 Å². The molecule has 2 saturated carbocycles. The molecule has 5 rings (SSSR count). The number of carboxylic acids is 1. The summed E-state index contributed by atoms with van der Waals surface area (Å²) >= 11 is 0. The Kier molecular flexibility index (Phi) is 6.37. The van der Waals surface area contributed by atoms with Crippen molar-refractivity contribution >= 4 is 17.3 Å². The van der Waals surface area contributed by atoms with Crippen LogP contribution in [0.5, 0.6) is 0 Å². The second-order valence-corrected chi connectivity index (χ2v) is 11.2. The van der Waals surface area contributed by atoms with Gasteiger partial charge in [0.05, 0.1) is 11.4 Å². The van der Waals surface area contributed by atoms with Gasteiger partial charge in [0, 0.05) is 38.3 Å². The van der Waals surface area contributed by atoms with Crippen LogP contribution in [0, 0.1) is 11.8 Å². The number of benzene rings is 1. The number of rotatable bonds is 6. The molecule has 1 aromatic carbocycles. The van der Waals surface area contributed by atoms with Crippen LogP contribution in [0.1, 0.15) is 70.6 Å². The number of likely N-dealkylation sites (N-methyl/N-ethyl adjacent to an activating group) is 1. The van der Waals surface area contributed by atoms with Gasteiger partial charge in [-0.25, -0.2) is 0 Å². The maximum absolute atomic E-state index is 11.3. The monoisotopic (exact) mass is 439 g/mol. The van der Waals surface area contributed by atoms with E-state index in [9.17, 15) is 9.90 Å². The van der Waals surface area contributed by atoms with Gasteiger partial charge in [0.15, 0.2) is 0 Å². The summed E-state index contributed by atoms with van der Waals surface area (Å²) in [6, 6.07) is 11.1. The predicted molar refractivity (Wildman–Crippen MR) is 131 cm³/mol. The lowest BCUT2D eigenvalue weighted by molar-refractivity contribution is -0.135. The highest BCUT2D eigenvalue weighted by Crippen LogP contribution is 2.46. The van der Waals surface area contributed by atoms with Crippen molar-refractivity contribution in [2.75, 3.05) is 30.4 Å². The summed E-state index contributed by atoms with van der Waals surface area (Å²) in [6.45, 7) is 0.0264. The summed E-state index contributed by atoms with van der Waals surface area (Å²) in [5.41, 5.74) is 2.19. The van der Waals surface area contributed by atoms with Crippen LogP contribution in [0.25, 0.3) is 0 Å². The van der Waals surface area contributed by atoms with Crippen LogP contribution in [-0.2, 0) is 4.79 Å². The summed E-state index contributed by atoms with van der Waals surface area (Å²) < 4.78 is 0. The number of carbonyl (C=O) groups is 1. The molecule has 5 nitrogen and oxygen atoms in total. The summed E-state index contributed by atoms with van der Waals surface area (Å²) in [6.07, 6.45) is 15.4. The van der Waals surface area contributed by atoms with Crippen molar-refractivity contribution in [1.82, 2.24) is 4.90 Å². The normalized spacial score (nSPS) is 34.7. The molecule has 1 aromatic rings. The maximum atomic E-state index is 11.3. The molecule has 2 aliphatic carbocycles. The van der Waals surface area contributed by atoms with E-state index in [4.69, 9.17) is 0 Å². The molecule has 0 aromatic heterocycles. The van der Waals surface area contributed by atoms with E-state index in [1.165, 1.54) is 76.3 Å². The molecule has 4 aliphatic rings. The summed E-state index contributed by atoms with van der Waals surface area (Å²) in [5.74, 6) is 1.19. The van der Waals surface area contributed by atoms with Gasteiger partial charge in [0.2, 0.25) is 0 Å². The summed E-state index contributed by atoms with van der Waals surface area (Å²) in [7, 11) is 4.12. The first-order valence-electron chi connectivity index (χ1n) is 13.0. The topological polar surface area (TPSA) is 47.0 Å². The fraction of sp³-hybridized carbons (Fsp3) is 0.741. The first-order chi connectivity index (χ1) is 15.5. The standard InChI is InChI=1S/C27H41N3O2/c1-28(18-27(31)32)25-11-3-4-12-26(25)29(2)23-16-21-9-6-10-22(17-23)30(21)24-14-19-7-5-8-20(13-19)15-24/h3-4,11-12,19-24H,5-10,13-18H2,1-2H3,(H,31,32). The van der Waals surface area contributed by atoms with Crippen LogP contribution in [0.15, 0.2) is 24.3 Å². The molecule has 32 heavy (non-hydrogen) atoms. The number of para-hydroxylation sites is 2. The van der Waals surface area contributed by atoms with Gasteiger partial charge in [0.1, 0.15) is 6.54 Å². The van der Waals surface area contributed by atoms with Gasteiger partial charge < -0.3 is 14.9 Å². The first-order valence-corrected chi connectivity index (χ1v) is 13.0. The molecule has 2 heterocycles. The highest BCUT2D eigenvalue weighted by atomic mass is 16.4. The lowest BCUT2D eigenvalue weighted by atomic mass is 9.68. The van der Waals surface area contributed by atoms with Gasteiger partial charge >= 0.3 is 5.97 Å². The Balaban J connectivity index is 1.32. The van der Waals surface area contributed by atoms with Gasteiger partial charge in [-0.3, -0.25) is 9.69 Å². The van der Waals surface area contributed by atoms with E-state index in [2.05, 4.69) is 35.0 Å². The minimum atomic E-state index is -0.787.